The molecule has 1 unspecified atom stereocenters. The summed E-state index contributed by atoms with van der Waals surface area (Å²) in [5.41, 5.74) is 0. The van der Waals surface area contributed by atoms with Gasteiger partial charge in [-0.25, -0.2) is 0 Å². The fraction of sp³-hybridized carbons (Fsp3) is 0.857. The van der Waals surface area contributed by atoms with Crippen LogP contribution < -0.4 is 0 Å². The van der Waals surface area contributed by atoms with E-state index in [1.54, 1.807) is 11.8 Å². The van der Waals surface area contributed by atoms with Crippen molar-refractivity contribution in [1.29, 1.82) is 0 Å². The molecule has 2 N–H and O–H groups in total. The van der Waals surface area contributed by atoms with Gasteiger partial charge in [0.15, 0.2) is 0 Å². The zero-order valence-electron chi connectivity index (χ0n) is 11.7. The molecule has 0 spiro atoms. The van der Waals surface area contributed by atoms with Gasteiger partial charge in [0.2, 0.25) is 5.91 Å². The third-order valence-corrected chi connectivity index (χ3v) is 3.77. The maximum absolute atomic E-state index is 12.4. The first-order chi connectivity index (χ1) is 9.06. The van der Waals surface area contributed by atoms with E-state index in [4.69, 9.17) is 10.2 Å². The minimum atomic E-state index is -0.884. The van der Waals surface area contributed by atoms with Crippen molar-refractivity contribution in [3.8, 4) is 0 Å². The molecule has 0 heterocycles. The summed E-state index contributed by atoms with van der Waals surface area (Å²) in [4.78, 5) is 25.0. The van der Waals surface area contributed by atoms with Gasteiger partial charge in [0.1, 0.15) is 0 Å². The summed E-state index contributed by atoms with van der Waals surface area (Å²) in [7, 11) is 0. The number of hydrogen-bond donors (Lipinski definition) is 2. The van der Waals surface area contributed by atoms with Gasteiger partial charge in [-0.3, -0.25) is 9.59 Å². The minimum absolute atomic E-state index is 0.0237. The van der Waals surface area contributed by atoms with Gasteiger partial charge < -0.3 is 15.1 Å². The normalized spacial score (nSPS) is 18.0. The Kier molecular flexibility index (Phi) is 6.84. The molecule has 5 nitrogen and oxygen atoms in total. The molecule has 1 amide bonds. The van der Waals surface area contributed by atoms with Crippen LogP contribution in [0.5, 0.6) is 0 Å². The number of carboxylic acid groups (broad SMARTS) is 1. The summed E-state index contributed by atoms with van der Waals surface area (Å²) in [5, 5.41) is 17.9. The van der Waals surface area contributed by atoms with Crippen LogP contribution in [0.1, 0.15) is 45.4 Å². The molecule has 1 saturated carbocycles. The van der Waals surface area contributed by atoms with Crippen molar-refractivity contribution in [3.05, 3.63) is 0 Å². The number of aliphatic carboxylic acids is 1. The van der Waals surface area contributed by atoms with Gasteiger partial charge >= 0.3 is 5.97 Å². The molecule has 110 valence electrons. The summed E-state index contributed by atoms with van der Waals surface area (Å²) in [6, 6.07) is 0. The van der Waals surface area contributed by atoms with Gasteiger partial charge in [0.25, 0.3) is 0 Å². The van der Waals surface area contributed by atoms with E-state index >= 15 is 0 Å². The number of rotatable bonds is 7. The van der Waals surface area contributed by atoms with Gasteiger partial charge in [0, 0.05) is 25.6 Å². The molecule has 1 atom stereocenters. The summed E-state index contributed by atoms with van der Waals surface area (Å²) >= 11 is 0. The Hall–Kier alpha value is -1.10. The predicted molar refractivity (Wildman–Crippen MR) is 71.7 cm³/mol. The predicted octanol–water partition coefficient (Wildman–Crippen LogP) is 1.50. The molecule has 5 heteroatoms. The lowest BCUT2D eigenvalue weighted by atomic mass is 9.88. The van der Waals surface area contributed by atoms with E-state index in [1.807, 2.05) is 0 Å². The number of carboxylic acids is 1. The molecule has 19 heavy (non-hydrogen) atoms. The van der Waals surface area contributed by atoms with E-state index in [0.717, 1.165) is 25.7 Å². The molecule has 0 bridgehead atoms. The quantitative estimate of drug-likeness (QED) is 0.735. The highest BCUT2D eigenvalue weighted by molar-refractivity contribution is 5.79. The second-order valence-corrected chi connectivity index (χ2v) is 5.44. The summed E-state index contributed by atoms with van der Waals surface area (Å²) in [6.07, 6.45) is 5.68. The Morgan fingerprint density at radius 2 is 1.89 bits per heavy atom. The van der Waals surface area contributed by atoms with Crippen molar-refractivity contribution >= 4 is 11.9 Å². The van der Waals surface area contributed by atoms with E-state index in [2.05, 4.69) is 0 Å². The van der Waals surface area contributed by atoms with Crippen LogP contribution in [0.15, 0.2) is 0 Å². The van der Waals surface area contributed by atoms with Gasteiger partial charge in [-0.2, -0.15) is 0 Å². The van der Waals surface area contributed by atoms with E-state index in [9.17, 15) is 9.59 Å². The lowest BCUT2D eigenvalue weighted by Crippen LogP contribution is -2.41. The molecule has 0 aromatic heterocycles. The molecule has 1 rings (SSSR count). The van der Waals surface area contributed by atoms with Crippen LogP contribution in [0, 0.1) is 11.8 Å². The zero-order chi connectivity index (χ0) is 14.3. The third kappa shape index (κ3) is 5.19. The number of carbonyl (C=O) groups excluding carboxylic acids is 1. The van der Waals surface area contributed by atoms with E-state index in [0.29, 0.717) is 13.0 Å². The van der Waals surface area contributed by atoms with Crippen molar-refractivity contribution < 1.29 is 19.8 Å². The second-order valence-electron chi connectivity index (χ2n) is 5.44. The minimum Gasteiger partial charge on any atom is -0.481 e. The van der Waals surface area contributed by atoms with Crippen LogP contribution in [0.2, 0.25) is 0 Å². The Balaban J connectivity index is 2.60. The summed E-state index contributed by atoms with van der Waals surface area (Å²) in [6.45, 7) is 2.33. The fourth-order valence-corrected chi connectivity index (χ4v) is 2.57. The Morgan fingerprint density at radius 3 is 2.42 bits per heavy atom. The van der Waals surface area contributed by atoms with E-state index in [-0.39, 0.29) is 25.0 Å². The highest BCUT2D eigenvalue weighted by Crippen LogP contribution is 2.25. The summed E-state index contributed by atoms with van der Waals surface area (Å²) in [5.74, 6) is -1.33. The van der Waals surface area contributed by atoms with Crippen molar-refractivity contribution in [2.45, 2.75) is 45.4 Å². The van der Waals surface area contributed by atoms with Crippen LogP contribution in [-0.2, 0) is 9.59 Å². The van der Waals surface area contributed by atoms with E-state index in [1.165, 1.54) is 6.42 Å². The Labute approximate surface area is 114 Å². The lowest BCUT2D eigenvalue weighted by molar-refractivity contribution is -0.144. The van der Waals surface area contributed by atoms with Crippen LogP contribution in [0.3, 0.4) is 0 Å². The third-order valence-electron chi connectivity index (χ3n) is 3.77. The second kappa shape index (κ2) is 8.15. The summed E-state index contributed by atoms with van der Waals surface area (Å²) < 4.78 is 0. The molecule has 0 aliphatic heterocycles. The molecule has 0 aromatic rings. The van der Waals surface area contributed by atoms with Crippen LogP contribution >= 0.6 is 0 Å². The number of aliphatic hydroxyl groups excluding tert-OH is 1. The fourth-order valence-electron chi connectivity index (χ4n) is 2.57. The van der Waals surface area contributed by atoms with Gasteiger partial charge in [0.05, 0.1) is 5.92 Å². The van der Waals surface area contributed by atoms with Gasteiger partial charge in [-0.1, -0.05) is 26.2 Å². The molecule has 0 saturated heterocycles. The lowest BCUT2D eigenvalue weighted by Gasteiger charge is -2.30. The topological polar surface area (TPSA) is 77.8 Å². The van der Waals surface area contributed by atoms with Gasteiger partial charge in [-0.05, 0) is 19.3 Å². The van der Waals surface area contributed by atoms with Crippen molar-refractivity contribution in [2.75, 3.05) is 19.7 Å². The number of amides is 1. The highest BCUT2D eigenvalue weighted by Gasteiger charge is 2.27. The molecular formula is C14H25NO4. The smallest absolute Gasteiger partial charge is 0.308 e. The maximum atomic E-state index is 12.4. The molecule has 0 aromatic carbocycles. The number of carbonyl (C=O) groups is 2. The average molecular weight is 271 g/mol. The number of hydrogen-bond acceptors (Lipinski definition) is 3. The first-order valence-corrected chi connectivity index (χ1v) is 7.18. The Bertz CT molecular complexity index is 300. The standard InChI is InChI=1S/C14H25NO4/c1-11(14(18)19)10-15(8-5-9-16)13(17)12-6-3-2-4-7-12/h11-12,16H,2-10H2,1H3,(H,18,19). The first kappa shape index (κ1) is 16.0. The maximum Gasteiger partial charge on any atom is 0.308 e. The van der Waals surface area contributed by atoms with Crippen molar-refractivity contribution in [3.63, 3.8) is 0 Å². The monoisotopic (exact) mass is 271 g/mol. The molecule has 1 fully saturated rings. The molecular weight excluding hydrogens is 246 g/mol. The zero-order valence-corrected chi connectivity index (χ0v) is 11.7. The highest BCUT2D eigenvalue weighted by atomic mass is 16.4. The SMILES string of the molecule is CC(CN(CCCO)C(=O)C1CCCCC1)C(=O)O. The largest absolute Gasteiger partial charge is 0.481 e. The van der Waals surface area contributed by atoms with Crippen molar-refractivity contribution in [2.24, 2.45) is 11.8 Å². The molecule has 1 aliphatic rings. The van der Waals surface area contributed by atoms with Gasteiger partial charge in [-0.15, -0.1) is 0 Å². The molecule has 1 aliphatic carbocycles. The van der Waals surface area contributed by atoms with Crippen LogP contribution in [0.4, 0.5) is 0 Å². The number of nitrogens with zero attached hydrogens (tertiary/aromatic N) is 1. The van der Waals surface area contributed by atoms with E-state index < -0.39 is 11.9 Å². The molecule has 0 radical (unpaired) electrons. The number of aliphatic hydroxyl groups is 1. The first-order valence-electron chi connectivity index (χ1n) is 7.18. The van der Waals surface area contributed by atoms with Crippen LogP contribution in [0.25, 0.3) is 0 Å². The Morgan fingerprint density at radius 1 is 1.26 bits per heavy atom. The van der Waals surface area contributed by atoms with Crippen molar-refractivity contribution in [1.82, 2.24) is 4.90 Å². The average Bonchev–Trinajstić information content (AvgIpc) is 2.43. The van der Waals surface area contributed by atoms with Crippen LogP contribution in [-0.4, -0.2) is 46.7 Å².